The van der Waals surface area contributed by atoms with E-state index in [2.05, 4.69) is 70.7 Å². The van der Waals surface area contributed by atoms with Crippen molar-refractivity contribution < 1.29 is 26.9 Å². The highest BCUT2D eigenvalue weighted by atomic mass is 28.5. The smallest absolute Gasteiger partial charge is 0.335 e. The molecule has 0 saturated carbocycles. The number of amides is 1. The Labute approximate surface area is 249 Å². The van der Waals surface area contributed by atoms with E-state index in [1.165, 1.54) is 12.5 Å². The minimum absolute atomic E-state index is 0.109. The number of benzene rings is 1. The molecule has 1 amide bonds. The van der Waals surface area contributed by atoms with Crippen molar-refractivity contribution in [3.63, 3.8) is 0 Å². The predicted octanol–water partition coefficient (Wildman–Crippen LogP) is 7.07. The van der Waals surface area contributed by atoms with Crippen LogP contribution in [0.5, 0.6) is 0 Å². The first kappa shape index (κ1) is 31.0. The third-order valence-electron chi connectivity index (χ3n) is 8.67. The van der Waals surface area contributed by atoms with E-state index in [0.717, 1.165) is 0 Å². The van der Waals surface area contributed by atoms with Gasteiger partial charge in [-0.15, -0.1) is 0 Å². The molecule has 9 nitrogen and oxygen atoms in total. The van der Waals surface area contributed by atoms with Crippen molar-refractivity contribution >= 4 is 39.9 Å². The fraction of sp³-hybridized carbons (Fsp3) is 0.567. The van der Waals surface area contributed by atoms with Crippen LogP contribution < -0.4 is 5.32 Å². The topological polar surface area (TPSA) is 96.7 Å². The minimum Gasteiger partial charge on any atom is -0.414 e. The zero-order valence-electron chi connectivity index (χ0n) is 25.8. The van der Waals surface area contributed by atoms with E-state index in [-0.39, 0.29) is 51.5 Å². The number of aromatic nitrogens is 3. The van der Waals surface area contributed by atoms with Crippen LogP contribution in [0.3, 0.4) is 0 Å². The average molecular weight is 615 g/mol. The van der Waals surface area contributed by atoms with E-state index in [4.69, 9.17) is 17.7 Å². The van der Waals surface area contributed by atoms with Gasteiger partial charge in [-0.25, -0.2) is 14.4 Å². The van der Waals surface area contributed by atoms with Gasteiger partial charge in [-0.2, -0.15) is 0 Å². The molecule has 1 aromatic carbocycles. The molecule has 0 spiro atoms. The van der Waals surface area contributed by atoms with Crippen molar-refractivity contribution in [1.82, 2.24) is 14.5 Å². The second-order valence-electron chi connectivity index (χ2n) is 12.6. The number of anilines is 1. The van der Waals surface area contributed by atoms with Crippen LogP contribution in [0.25, 0.3) is 11.0 Å². The summed E-state index contributed by atoms with van der Waals surface area (Å²) in [6, 6.07) is 8.74. The molecule has 0 unspecified atom stereocenters. The van der Waals surface area contributed by atoms with Crippen LogP contribution in [-0.2, 0) is 17.7 Å². The zero-order valence-corrected chi connectivity index (χ0v) is 27.8. The van der Waals surface area contributed by atoms with Crippen molar-refractivity contribution in [2.24, 2.45) is 0 Å². The summed E-state index contributed by atoms with van der Waals surface area (Å²) in [5, 5.41) is 2.88. The first-order valence-electron chi connectivity index (χ1n) is 14.9. The van der Waals surface area contributed by atoms with Gasteiger partial charge in [0.25, 0.3) is 5.91 Å². The highest BCUT2D eigenvalue weighted by Gasteiger charge is 2.60. The standard InChI is InChI=1S/C30H43FN4O5Si2/c1-18(2)41(19(3)4)37-16-25-24(39-42(40-41,20(5)6)21(7)8)14-26(38-25)35-15-23(31)27-28(32-17-33-29(27)35)34-30(36)22-12-10-9-11-13-22/h9-13,15,17-21,24-26H,14,16H2,1-8H3,(H,32,33,34,36)/t24-,25+,26+/m0/s1. The molecule has 2 saturated heterocycles. The summed E-state index contributed by atoms with van der Waals surface area (Å²) in [6.07, 6.45) is 2.02. The van der Waals surface area contributed by atoms with E-state index in [0.29, 0.717) is 24.2 Å². The second-order valence-corrected chi connectivity index (χ2v) is 21.5. The molecule has 2 aromatic heterocycles. The third-order valence-corrected chi connectivity index (χ3v) is 18.9. The molecular formula is C30H43FN4O5Si2. The highest BCUT2D eigenvalue weighted by molar-refractivity contribution is 6.84. The maximum absolute atomic E-state index is 15.5. The van der Waals surface area contributed by atoms with Crippen LogP contribution in [0.4, 0.5) is 10.2 Å². The summed E-state index contributed by atoms with van der Waals surface area (Å²) in [5.41, 5.74) is 1.62. The lowest BCUT2D eigenvalue weighted by Gasteiger charge is -2.51. The van der Waals surface area contributed by atoms with E-state index in [1.54, 1.807) is 28.8 Å². The SMILES string of the molecule is CC(C)[Si]1(C(C)C)OC[C@H]2O[C@@H](n3cc(F)c4c(NC(=O)c5ccccc5)ncnc43)C[C@@H]2O[Si](C(C)C)(C(C)C)O1. The fourth-order valence-corrected chi connectivity index (χ4v) is 17.6. The highest BCUT2D eigenvalue weighted by Crippen LogP contribution is 2.48. The Morgan fingerprint density at radius 1 is 0.952 bits per heavy atom. The molecule has 0 radical (unpaired) electrons. The van der Waals surface area contributed by atoms with Gasteiger partial charge in [-0.05, 0) is 34.3 Å². The first-order valence-corrected chi connectivity index (χ1v) is 18.9. The first-order chi connectivity index (χ1) is 19.9. The molecule has 3 aromatic rings. The molecule has 5 rings (SSSR count). The number of rotatable bonds is 7. The Bertz CT molecular complexity index is 1400. The quantitative estimate of drug-likeness (QED) is 0.285. The van der Waals surface area contributed by atoms with Crippen LogP contribution in [0, 0.1) is 5.82 Å². The molecule has 0 aliphatic carbocycles. The summed E-state index contributed by atoms with van der Waals surface area (Å²) in [5.74, 6) is -0.810. The van der Waals surface area contributed by atoms with Gasteiger partial charge >= 0.3 is 17.1 Å². The Morgan fingerprint density at radius 2 is 1.60 bits per heavy atom. The van der Waals surface area contributed by atoms with Gasteiger partial charge < -0.3 is 27.6 Å². The van der Waals surface area contributed by atoms with Crippen LogP contribution in [0.2, 0.25) is 22.2 Å². The van der Waals surface area contributed by atoms with Gasteiger partial charge in [0.15, 0.2) is 11.5 Å². The molecule has 228 valence electrons. The summed E-state index contributed by atoms with van der Waals surface area (Å²) in [7, 11) is -5.51. The molecular weight excluding hydrogens is 572 g/mol. The van der Waals surface area contributed by atoms with Crippen molar-refractivity contribution in [2.45, 2.75) is 102 Å². The Hall–Kier alpha value is -2.49. The molecule has 0 bridgehead atoms. The normalized spacial score (nSPS) is 23.9. The third kappa shape index (κ3) is 5.37. The average Bonchev–Trinajstić information content (AvgIpc) is 3.49. The number of carbonyl (C=O) groups is 1. The molecule has 3 atom stereocenters. The van der Waals surface area contributed by atoms with Crippen molar-refractivity contribution in [2.75, 3.05) is 11.9 Å². The Morgan fingerprint density at radius 3 is 2.21 bits per heavy atom. The van der Waals surface area contributed by atoms with Crippen molar-refractivity contribution in [3.8, 4) is 0 Å². The molecule has 2 fully saturated rings. The second kappa shape index (κ2) is 11.9. The van der Waals surface area contributed by atoms with E-state index in [9.17, 15) is 4.79 Å². The van der Waals surface area contributed by atoms with Gasteiger partial charge in [0.05, 0.1) is 18.1 Å². The number of halogens is 1. The van der Waals surface area contributed by atoms with Gasteiger partial charge in [0, 0.05) is 18.2 Å². The Balaban J connectivity index is 1.48. The molecule has 12 heteroatoms. The van der Waals surface area contributed by atoms with E-state index < -0.39 is 29.2 Å². The van der Waals surface area contributed by atoms with Crippen molar-refractivity contribution in [1.29, 1.82) is 0 Å². The van der Waals surface area contributed by atoms with Crippen LogP contribution in [-0.4, -0.2) is 56.4 Å². The fourth-order valence-electron chi connectivity index (χ4n) is 6.43. The van der Waals surface area contributed by atoms with Gasteiger partial charge in [-0.3, -0.25) is 4.79 Å². The lowest BCUT2D eigenvalue weighted by atomic mass is 10.2. The Kier molecular flexibility index (Phi) is 8.76. The summed E-state index contributed by atoms with van der Waals surface area (Å²) >= 11 is 0. The number of hydrogen-bond donors (Lipinski definition) is 1. The lowest BCUT2D eigenvalue weighted by molar-refractivity contribution is -0.0544. The molecule has 42 heavy (non-hydrogen) atoms. The molecule has 2 aliphatic heterocycles. The molecule has 2 aliphatic rings. The summed E-state index contributed by atoms with van der Waals surface area (Å²) in [6.45, 7) is 17.8. The van der Waals surface area contributed by atoms with Crippen molar-refractivity contribution in [3.05, 3.63) is 54.2 Å². The predicted molar refractivity (Wildman–Crippen MR) is 164 cm³/mol. The van der Waals surface area contributed by atoms with Crippen LogP contribution >= 0.6 is 0 Å². The maximum atomic E-state index is 15.5. The van der Waals surface area contributed by atoms with Crippen LogP contribution in [0.15, 0.2) is 42.9 Å². The maximum Gasteiger partial charge on any atom is 0.335 e. The summed E-state index contributed by atoms with van der Waals surface area (Å²) < 4.78 is 45.0. The largest absolute Gasteiger partial charge is 0.414 e. The number of nitrogens with one attached hydrogen (secondary N) is 1. The number of fused-ring (bicyclic) bond motifs is 2. The van der Waals surface area contributed by atoms with E-state index in [1.807, 2.05) is 6.07 Å². The molecule has 1 N–H and O–H groups in total. The van der Waals surface area contributed by atoms with Gasteiger partial charge in [0.2, 0.25) is 0 Å². The number of nitrogens with zero attached hydrogens (tertiary/aromatic N) is 3. The minimum atomic E-state index is -2.81. The molecule has 4 heterocycles. The monoisotopic (exact) mass is 614 g/mol. The number of hydrogen-bond acceptors (Lipinski definition) is 7. The number of ether oxygens (including phenoxy) is 1. The van der Waals surface area contributed by atoms with Gasteiger partial charge in [0.1, 0.15) is 24.5 Å². The van der Waals surface area contributed by atoms with Crippen LogP contribution in [0.1, 0.15) is 78.4 Å². The van der Waals surface area contributed by atoms with E-state index >= 15 is 4.39 Å². The zero-order chi connectivity index (χ0) is 30.4. The lowest BCUT2D eigenvalue weighted by Crippen LogP contribution is -2.65. The van der Waals surface area contributed by atoms with Gasteiger partial charge in [-0.1, -0.05) is 73.6 Å². The summed E-state index contributed by atoms with van der Waals surface area (Å²) in [4.78, 5) is 21.4. The number of carbonyl (C=O) groups excluding carboxylic acids is 1.